The predicted octanol–water partition coefficient (Wildman–Crippen LogP) is 4.02. The summed E-state index contributed by atoms with van der Waals surface area (Å²) in [6.45, 7) is 5.62. The highest BCUT2D eigenvalue weighted by Crippen LogP contribution is 2.19. The minimum Gasteiger partial charge on any atom is -0.312 e. The van der Waals surface area contributed by atoms with Crippen molar-refractivity contribution in [1.29, 1.82) is 0 Å². The van der Waals surface area contributed by atoms with Crippen molar-refractivity contribution in [3.8, 4) is 11.1 Å². The molecule has 0 aliphatic rings. The second kappa shape index (κ2) is 6.77. The SMILES string of the molecule is C=CCCNCc1cccc(-c2ccccc2)c1. The monoisotopic (exact) mass is 237 g/mol. The first-order valence-corrected chi connectivity index (χ1v) is 6.36. The minimum absolute atomic E-state index is 0.911. The Morgan fingerprint density at radius 2 is 1.72 bits per heavy atom. The highest BCUT2D eigenvalue weighted by atomic mass is 14.8. The van der Waals surface area contributed by atoms with E-state index in [1.54, 1.807) is 0 Å². The van der Waals surface area contributed by atoms with Gasteiger partial charge < -0.3 is 5.32 Å². The summed E-state index contributed by atoms with van der Waals surface area (Å²) in [5.74, 6) is 0. The molecule has 0 atom stereocenters. The van der Waals surface area contributed by atoms with E-state index in [1.165, 1.54) is 16.7 Å². The first kappa shape index (κ1) is 12.6. The van der Waals surface area contributed by atoms with Crippen LogP contribution in [-0.4, -0.2) is 6.54 Å². The van der Waals surface area contributed by atoms with Crippen LogP contribution in [0.15, 0.2) is 67.3 Å². The van der Waals surface area contributed by atoms with Gasteiger partial charge in [0.15, 0.2) is 0 Å². The summed E-state index contributed by atoms with van der Waals surface area (Å²) in [7, 11) is 0. The van der Waals surface area contributed by atoms with E-state index in [-0.39, 0.29) is 0 Å². The minimum atomic E-state index is 0.911. The van der Waals surface area contributed by atoms with Crippen molar-refractivity contribution in [3.05, 3.63) is 72.8 Å². The topological polar surface area (TPSA) is 12.0 Å². The van der Waals surface area contributed by atoms with E-state index in [0.717, 1.165) is 19.5 Å². The van der Waals surface area contributed by atoms with Crippen LogP contribution in [-0.2, 0) is 6.54 Å². The average Bonchev–Trinajstić information content (AvgIpc) is 2.45. The molecule has 2 rings (SSSR count). The van der Waals surface area contributed by atoms with E-state index < -0.39 is 0 Å². The summed E-state index contributed by atoms with van der Waals surface area (Å²) in [4.78, 5) is 0. The molecule has 0 unspecified atom stereocenters. The summed E-state index contributed by atoms with van der Waals surface area (Å²) in [5, 5.41) is 3.41. The molecule has 92 valence electrons. The standard InChI is InChI=1S/C17H19N/c1-2-3-12-18-14-15-8-7-11-17(13-15)16-9-5-4-6-10-16/h2,4-11,13,18H,1,3,12,14H2. The fourth-order valence-corrected chi connectivity index (χ4v) is 1.93. The Kier molecular flexibility index (Phi) is 4.74. The number of hydrogen-bond acceptors (Lipinski definition) is 1. The van der Waals surface area contributed by atoms with Crippen LogP contribution in [0.25, 0.3) is 11.1 Å². The molecule has 0 spiro atoms. The maximum absolute atomic E-state index is 3.72. The van der Waals surface area contributed by atoms with E-state index in [1.807, 2.05) is 12.1 Å². The van der Waals surface area contributed by atoms with Gasteiger partial charge >= 0.3 is 0 Å². The third kappa shape index (κ3) is 3.57. The molecular formula is C17H19N. The van der Waals surface area contributed by atoms with Crippen molar-refractivity contribution in [2.45, 2.75) is 13.0 Å². The third-order valence-electron chi connectivity index (χ3n) is 2.89. The molecule has 0 aliphatic carbocycles. The van der Waals surface area contributed by atoms with Crippen LogP contribution in [0.1, 0.15) is 12.0 Å². The smallest absolute Gasteiger partial charge is 0.0205 e. The predicted molar refractivity (Wildman–Crippen MR) is 78.4 cm³/mol. The second-order valence-electron chi connectivity index (χ2n) is 4.32. The quantitative estimate of drug-likeness (QED) is 0.591. The van der Waals surface area contributed by atoms with Gasteiger partial charge in [-0.15, -0.1) is 6.58 Å². The van der Waals surface area contributed by atoms with Gasteiger partial charge in [-0.1, -0.05) is 54.6 Å². The van der Waals surface area contributed by atoms with E-state index >= 15 is 0 Å². The molecule has 18 heavy (non-hydrogen) atoms. The molecule has 0 aromatic heterocycles. The lowest BCUT2D eigenvalue weighted by molar-refractivity contribution is 0.696. The summed E-state index contributed by atoms with van der Waals surface area (Å²) < 4.78 is 0. The Morgan fingerprint density at radius 3 is 2.50 bits per heavy atom. The number of hydrogen-bond donors (Lipinski definition) is 1. The van der Waals surface area contributed by atoms with Crippen molar-refractivity contribution >= 4 is 0 Å². The zero-order chi connectivity index (χ0) is 12.6. The van der Waals surface area contributed by atoms with Crippen molar-refractivity contribution in [2.75, 3.05) is 6.54 Å². The van der Waals surface area contributed by atoms with Crippen molar-refractivity contribution in [2.24, 2.45) is 0 Å². The molecule has 0 bridgehead atoms. The lowest BCUT2D eigenvalue weighted by atomic mass is 10.0. The molecule has 2 aromatic rings. The molecule has 0 amide bonds. The molecule has 0 saturated heterocycles. The van der Waals surface area contributed by atoms with Gasteiger partial charge in [0.05, 0.1) is 0 Å². The summed E-state index contributed by atoms with van der Waals surface area (Å²) >= 11 is 0. The summed E-state index contributed by atoms with van der Waals surface area (Å²) in [6.07, 6.45) is 2.95. The van der Waals surface area contributed by atoms with Crippen LogP contribution < -0.4 is 5.32 Å². The molecule has 1 N–H and O–H groups in total. The Balaban J connectivity index is 2.04. The molecular weight excluding hydrogens is 218 g/mol. The zero-order valence-electron chi connectivity index (χ0n) is 10.6. The van der Waals surface area contributed by atoms with Crippen molar-refractivity contribution < 1.29 is 0 Å². The summed E-state index contributed by atoms with van der Waals surface area (Å²) in [6, 6.07) is 19.2. The normalized spacial score (nSPS) is 10.2. The van der Waals surface area contributed by atoms with Crippen LogP contribution in [0.2, 0.25) is 0 Å². The van der Waals surface area contributed by atoms with Gasteiger partial charge in [0, 0.05) is 6.54 Å². The lowest BCUT2D eigenvalue weighted by Crippen LogP contribution is -2.13. The fourth-order valence-electron chi connectivity index (χ4n) is 1.93. The molecule has 2 aromatic carbocycles. The molecule has 0 aliphatic heterocycles. The first-order chi connectivity index (χ1) is 8.90. The molecule has 0 fully saturated rings. The largest absolute Gasteiger partial charge is 0.312 e. The Hall–Kier alpha value is -1.86. The number of rotatable bonds is 6. The molecule has 1 nitrogen and oxygen atoms in total. The Bertz CT molecular complexity index is 488. The number of nitrogens with one attached hydrogen (secondary N) is 1. The van der Waals surface area contributed by atoms with Gasteiger partial charge in [-0.2, -0.15) is 0 Å². The maximum Gasteiger partial charge on any atom is 0.0205 e. The molecule has 0 heterocycles. The first-order valence-electron chi connectivity index (χ1n) is 6.36. The van der Waals surface area contributed by atoms with Crippen LogP contribution in [0.4, 0.5) is 0 Å². The van der Waals surface area contributed by atoms with Crippen molar-refractivity contribution in [1.82, 2.24) is 5.32 Å². The van der Waals surface area contributed by atoms with Crippen LogP contribution >= 0.6 is 0 Å². The Labute approximate surface area is 109 Å². The van der Waals surface area contributed by atoms with E-state index in [2.05, 4.69) is 60.4 Å². The highest BCUT2D eigenvalue weighted by molar-refractivity contribution is 5.63. The molecule has 0 radical (unpaired) electrons. The lowest BCUT2D eigenvalue weighted by Gasteiger charge is -2.06. The fraction of sp³-hybridized carbons (Fsp3) is 0.176. The average molecular weight is 237 g/mol. The van der Waals surface area contributed by atoms with Crippen LogP contribution in [0.3, 0.4) is 0 Å². The van der Waals surface area contributed by atoms with Gasteiger partial charge in [0.25, 0.3) is 0 Å². The van der Waals surface area contributed by atoms with Gasteiger partial charge in [0.1, 0.15) is 0 Å². The van der Waals surface area contributed by atoms with Gasteiger partial charge in [0.2, 0.25) is 0 Å². The van der Waals surface area contributed by atoms with Gasteiger partial charge in [-0.05, 0) is 35.7 Å². The maximum atomic E-state index is 3.72. The van der Waals surface area contributed by atoms with Gasteiger partial charge in [-0.25, -0.2) is 0 Å². The second-order valence-corrected chi connectivity index (χ2v) is 4.32. The van der Waals surface area contributed by atoms with E-state index in [9.17, 15) is 0 Å². The number of benzene rings is 2. The van der Waals surface area contributed by atoms with E-state index in [4.69, 9.17) is 0 Å². The third-order valence-corrected chi connectivity index (χ3v) is 2.89. The van der Waals surface area contributed by atoms with Crippen LogP contribution in [0, 0.1) is 0 Å². The summed E-state index contributed by atoms with van der Waals surface area (Å²) in [5.41, 5.74) is 3.87. The van der Waals surface area contributed by atoms with Gasteiger partial charge in [-0.3, -0.25) is 0 Å². The van der Waals surface area contributed by atoms with E-state index in [0.29, 0.717) is 0 Å². The van der Waals surface area contributed by atoms with Crippen LogP contribution in [0.5, 0.6) is 0 Å². The zero-order valence-corrected chi connectivity index (χ0v) is 10.6. The van der Waals surface area contributed by atoms with Crippen molar-refractivity contribution in [3.63, 3.8) is 0 Å². The molecule has 1 heteroatoms. The Morgan fingerprint density at radius 1 is 0.944 bits per heavy atom. The molecule has 0 saturated carbocycles. The highest BCUT2D eigenvalue weighted by Gasteiger charge is 1.98.